The van der Waals surface area contributed by atoms with Crippen molar-refractivity contribution >= 4 is 28.3 Å². The third kappa shape index (κ3) is 4.41. The molecule has 4 rings (SSSR count). The molecule has 1 saturated heterocycles. The zero-order chi connectivity index (χ0) is 19.5. The molecule has 1 aliphatic rings. The normalized spacial score (nSPS) is 15.1. The van der Waals surface area contributed by atoms with Crippen LogP contribution in [0.5, 0.6) is 0 Å². The van der Waals surface area contributed by atoms with Crippen molar-refractivity contribution in [1.82, 2.24) is 9.88 Å². The lowest BCUT2D eigenvalue weighted by molar-refractivity contribution is -0.116. The standard InChI is InChI=1S/C23H23ClN2O2/c1-16(27)12-17-2-4-18(5-3-17)22-13-19(15-26-8-10-28-11-9-26)21-7-6-20(24)14-23(21)25-22/h2-7,13-14H,8-12,15H2,1H3. The predicted molar refractivity (Wildman–Crippen MR) is 113 cm³/mol. The summed E-state index contributed by atoms with van der Waals surface area (Å²) in [6.45, 7) is 5.90. The minimum Gasteiger partial charge on any atom is -0.379 e. The maximum Gasteiger partial charge on any atom is 0.134 e. The summed E-state index contributed by atoms with van der Waals surface area (Å²) in [5, 5.41) is 1.82. The topological polar surface area (TPSA) is 42.4 Å². The van der Waals surface area contributed by atoms with Crippen molar-refractivity contribution in [3.05, 3.63) is 64.7 Å². The first-order valence-electron chi connectivity index (χ1n) is 9.56. The first-order chi connectivity index (χ1) is 13.6. The Morgan fingerprint density at radius 1 is 1.11 bits per heavy atom. The van der Waals surface area contributed by atoms with Crippen LogP contribution in [0.3, 0.4) is 0 Å². The molecule has 5 heteroatoms. The number of morpholine rings is 1. The average Bonchev–Trinajstić information content (AvgIpc) is 2.68. The van der Waals surface area contributed by atoms with Crippen molar-refractivity contribution in [1.29, 1.82) is 0 Å². The largest absolute Gasteiger partial charge is 0.379 e. The zero-order valence-electron chi connectivity index (χ0n) is 16.0. The molecule has 0 bridgehead atoms. The molecule has 2 heterocycles. The molecule has 2 aromatic carbocycles. The van der Waals surface area contributed by atoms with Crippen LogP contribution in [0.2, 0.25) is 5.02 Å². The minimum absolute atomic E-state index is 0.166. The number of pyridine rings is 1. The van der Waals surface area contributed by atoms with E-state index in [2.05, 4.69) is 17.0 Å². The van der Waals surface area contributed by atoms with E-state index in [1.54, 1.807) is 6.92 Å². The zero-order valence-corrected chi connectivity index (χ0v) is 16.7. The Hall–Kier alpha value is -2.27. The molecule has 4 nitrogen and oxygen atoms in total. The third-order valence-corrected chi connectivity index (χ3v) is 5.29. The number of aromatic nitrogens is 1. The first kappa shape index (κ1) is 19.1. The van der Waals surface area contributed by atoms with E-state index in [4.69, 9.17) is 21.3 Å². The fourth-order valence-electron chi connectivity index (χ4n) is 3.63. The van der Waals surface area contributed by atoms with Crippen molar-refractivity contribution in [2.75, 3.05) is 26.3 Å². The number of fused-ring (bicyclic) bond motifs is 1. The molecule has 0 spiro atoms. The van der Waals surface area contributed by atoms with Crippen molar-refractivity contribution in [2.45, 2.75) is 19.9 Å². The van der Waals surface area contributed by atoms with Gasteiger partial charge in [-0.15, -0.1) is 0 Å². The van der Waals surface area contributed by atoms with Gasteiger partial charge in [0.05, 0.1) is 24.4 Å². The van der Waals surface area contributed by atoms with Crippen LogP contribution >= 0.6 is 11.6 Å². The van der Waals surface area contributed by atoms with Crippen LogP contribution in [-0.2, 0) is 22.5 Å². The van der Waals surface area contributed by atoms with Gasteiger partial charge < -0.3 is 4.74 Å². The summed E-state index contributed by atoms with van der Waals surface area (Å²) in [6.07, 6.45) is 0.462. The number of benzene rings is 2. The number of Topliss-reactive ketones (excluding diaryl/α,β-unsaturated/α-hetero) is 1. The van der Waals surface area contributed by atoms with Crippen LogP contribution in [0, 0.1) is 0 Å². The number of ketones is 1. The van der Waals surface area contributed by atoms with Gasteiger partial charge >= 0.3 is 0 Å². The number of carbonyl (C=O) groups is 1. The fraction of sp³-hybridized carbons (Fsp3) is 0.304. The molecule has 0 atom stereocenters. The molecule has 0 aliphatic carbocycles. The van der Waals surface area contributed by atoms with Gasteiger partial charge in [-0.3, -0.25) is 9.69 Å². The van der Waals surface area contributed by atoms with Crippen LogP contribution in [0.4, 0.5) is 0 Å². The van der Waals surface area contributed by atoms with Crippen LogP contribution in [0.25, 0.3) is 22.2 Å². The van der Waals surface area contributed by atoms with Crippen LogP contribution in [-0.4, -0.2) is 42.0 Å². The summed E-state index contributed by atoms with van der Waals surface area (Å²) in [6, 6.07) is 16.2. The number of hydrogen-bond donors (Lipinski definition) is 0. The summed E-state index contributed by atoms with van der Waals surface area (Å²) in [7, 11) is 0. The van der Waals surface area contributed by atoms with E-state index in [0.717, 1.165) is 60.6 Å². The number of nitrogens with zero attached hydrogens (tertiary/aromatic N) is 2. The third-order valence-electron chi connectivity index (χ3n) is 5.06. The van der Waals surface area contributed by atoms with Gasteiger partial charge in [0.25, 0.3) is 0 Å². The Morgan fingerprint density at radius 3 is 2.57 bits per heavy atom. The van der Waals surface area contributed by atoms with E-state index in [-0.39, 0.29) is 5.78 Å². The molecule has 0 amide bonds. The molecular formula is C23H23ClN2O2. The number of ether oxygens (including phenoxy) is 1. The summed E-state index contributed by atoms with van der Waals surface area (Å²) in [4.78, 5) is 18.6. The van der Waals surface area contributed by atoms with Crippen molar-refractivity contribution < 1.29 is 9.53 Å². The molecule has 144 valence electrons. The SMILES string of the molecule is CC(=O)Cc1ccc(-c2cc(CN3CCOCC3)c3ccc(Cl)cc3n2)cc1. The molecule has 28 heavy (non-hydrogen) atoms. The predicted octanol–water partition coefficient (Wildman–Crippen LogP) is 4.52. The van der Waals surface area contributed by atoms with Crippen molar-refractivity contribution in [3.63, 3.8) is 0 Å². The smallest absolute Gasteiger partial charge is 0.134 e. The Morgan fingerprint density at radius 2 is 1.86 bits per heavy atom. The van der Waals surface area contributed by atoms with E-state index in [1.807, 2.05) is 36.4 Å². The van der Waals surface area contributed by atoms with E-state index in [9.17, 15) is 4.79 Å². The molecule has 0 saturated carbocycles. The monoisotopic (exact) mass is 394 g/mol. The quantitative estimate of drug-likeness (QED) is 0.638. The number of carbonyl (C=O) groups excluding carboxylic acids is 1. The number of hydrogen-bond acceptors (Lipinski definition) is 4. The van der Waals surface area contributed by atoms with Gasteiger partial charge in [-0.05, 0) is 36.2 Å². The van der Waals surface area contributed by atoms with Crippen molar-refractivity contribution in [3.8, 4) is 11.3 Å². The highest BCUT2D eigenvalue weighted by molar-refractivity contribution is 6.31. The van der Waals surface area contributed by atoms with E-state index in [1.165, 1.54) is 5.56 Å². The Balaban J connectivity index is 1.72. The van der Waals surface area contributed by atoms with E-state index < -0.39 is 0 Å². The molecule has 3 aromatic rings. The average molecular weight is 395 g/mol. The Labute approximate surface area is 170 Å². The summed E-state index contributed by atoms with van der Waals surface area (Å²) >= 11 is 6.23. The number of halogens is 1. The van der Waals surface area contributed by atoms with E-state index >= 15 is 0 Å². The van der Waals surface area contributed by atoms with Gasteiger partial charge in [0.15, 0.2) is 0 Å². The molecule has 1 fully saturated rings. The molecule has 0 unspecified atom stereocenters. The highest BCUT2D eigenvalue weighted by Crippen LogP contribution is 2.28. The Kier molecular flexibility index (Phi) is 5.72. The molecule has 1 aromatic heterocycles. The second kappa shape index (κ2) is 8.39. The molecule has 0 radical (unpaired) electrons. The van der Waals surface area contributed by atoms with Gasteiger partial charge in [0, 0.05) is 42.0 Å². The second-order valence-corrected chi connectivity index (χ2v) is 7.73. The minimum atomic E-state index is 0.166. The lowest BCUT2D eigenvalue weighted by Gasteiger charge is -2.27. The maximum absolute atomic E-state index is 11.3. The first-order valence-corrected chi connectivity index (χ1v) is 9.94. The summed E-state index contributed by atoms with van der Waals surface area (Å²) in [5.41, 5.74) is 5.13. The summed E-state index contributed by atoms with van der Waals surface area (Å²) < 4.78 is 5.48. The maximum atomic E-state index is 11.3. The van der Waals surface area contributed by atoms with Gasteiger partial charge in [-0.25, -0.2) is 4.98 Å². The van der Waals surface area contributed by atoms with Gasteiger partial charge in [-0.1, -0.05) is 41.9 Å². The molecular weight excluding hydrogens is 372 g/mol. The van der Waals surface area contributed by atoms with Gasteiger partial charge in [-0.2, -0.15) is 0 Å². The highest BCUT2D eigenvalue weighted by Gasteiger charge is 2.15. The number of rotatable bonds is 5. The van der Waals surface area contributed by atoms with Gasteiger partial charge in [0.1, 0.15) is 5.78 Å². The van der Waals surface area contributed by atoms with Crippen LogP contribution < -0.4 is 0 Å². The summed E-state index contributed by atoms with van der Waals surface area (Å²) in [5.74, 6) is 0.166. The lowest BCUT2D eigenvalue weighted by atomic mass is 10.0. The van der Waals surface area contributed by atoms with Crippen LogP contribution in [0.1, 0.15) is 18.1 Å². The van der Waals surface area contributed by atoms with E-state index in [0.29, 0.717) is 11.4 Å². The highest BCUT2D eigenvalue weighted by atomic mass is 35.5. The molecule has 0 N–H and O–H groups in total. The fourth-order valence-corrected chi connectivity index (χ4v) is 3.80. The van der Waals surface area contributed by atoms with Gasteiger partial charge in [0.2, 0.25) is 0 Å². The lowest BCUT2D eigenvalue weighted by Crippen LogP contribution is -2.35. The second-order valence-electron chi connectivity index (χ2n) is 7.29. The Bertz CT molecular complexity index is 995. The molecule has 1 aliphatic heterocycles. The van der Waals surface area contributed by atoms with Crippen LogP contribution in [0.15, 0.2) is 48.5 Å². The van der Waals surface area contributed by atoms with Crippen molar-refractivity contribution in [2.24, 2.45) is 0 Å².